The summed E-state index contributed by atoms with van der Waals surface area (Å²) in [5.74, 6) is 7.27. The molecule has 0 amide bonds. The van der Waals surface area contributed by atoms with Gasteiger partial charge in [0.1, 0.15) is 17.3 Å². The fourth-order valence-electron chi connectivity index (χ4n) is 15.2. The molecular formula is C59H47N3O. The van der Waals surface area contributed by atoms with Crippen molar-refractivity contribution in [3.63, 3.8) is 0 Å². The summed E-state index contributed by atoms with van der Waals surface area (Å²) in [5.41, 5.74) is 18.1. The van der Waals surface area contributed by atoms with Gasteiger partial charge < -0.3 is 4.74 Å². The zero-order valence-electron chi connectivity index (χ0n) is 35.8. The van der Waals surface area contributed by atoms with Crippen LogP contribution in [0.3, 0.4) is 0 Å². The molecule has 6 aromatic carbocycles. The van der Waals surface area contributed by atoms with Gasteiger partial charge in [-0.3, -0.25) is 0 Å². The Morgan fingerprint density at radius 1 is 0.524 bits per heavy atom. The Labute approximate surface area is 368 Å². The van der Waals surface area contributed by atoms with Crippen molar-refractivity contribution in [3.05, 3.63) is 196 Å². The quantitative estimate of drug-likeness (QED) is 0.178. The van der Waals surface area contributed by atoms with E-state index >= 15 is 0 Å². The molecule has 304 valence electrons. The standard InChI is InChI=1S/C59H47N3O/c1-56(2)45-13-5-3-11-41(45)43-26-24-37(28-49(43)56)54-60-53(61-55(62-54)57-31-39-29-38-30-40(32-57)58(38,39)33-57)35-21-19-34(20-22-35)36-23-25-44-42-12-4-6-14-46(42)59(50(44)27-36)47-15-7-9-17-51(47)63-52-18-10-8-16-48(52)59/h3-23,25,27-28,38-40H,24,26,29-33H2,1-2H3/t38-,39-,40?,57?,58?/m0/s1. The van der Waals surface area contributed by atoms with Crippen molar-refractivity contribution in [1.29, 1.82) is 0 Å². The summed E-state index contributed by atoms with van der Waals surface area (Å²) in [5, 5.41) is 0. The number of allylic oxidation sites excluding steroid dienone is 4. The second-order valence-corrected chi connectivity index (χ2v) is 20.8. The first-order chi connectivity index (χ1) is 30.8. The van der Waals surface area contributed by atoms with Gasteiger partial charge in [0, 0.05) is 27.5 Å². The molecule has 0 N–H and O–H groups in total. The zero-order chi connectivity index (χ0) is 41.5. The maximum absolute atomic E-state index is 6.61. The maximum atomic E-state index is 6.61. The van der Waals surface area contributed by atoms with Crippen LogP contribution in [0.1, 0.15) is 104 Å². The van der Waals surface area contributed by atoms with Crippen molar-refractivity contribution in [2.45, 2.75) is 75.0 Å². The first kappa shape index (κ1) is 35.1. The van der Waals surface area contributed by atoms with Crippen LogP contribution in [-0.4, -0.2) is 15.0 Å². The Kier molecular flexibility index (Phi) is 6.57. The van der Waals surface area contributed by atoms with Crippen LogP contribution in [0.2, 0.25) is 0 Å². The molecule has 2 heterocycles. The molecule has 8 aliphatic rings. The van der Waals surface area contributed by atoms with Crippen molar-refractivity contribution < 1.29 is 4.74 Å². The molecule has 4 nitrogen and oxygen atoms in total. The van der Waals surface area contributed by atoms with E-state index < -0.39 is 5.41 Å². The van der Waals surface area contributed by atoms with Gasteiger partial charge in [0.05, 0.1) is 5.41 Å². The molecule has 2 spiro atoms. The van der Waals surface area contributed by atoms with Crippen LogP contribution in [0, 0.1) is 23.2 Å². The van der Waals surface area contributed by atoms with E-state index in [2.05, 4.69) is 159 Å². The van der Waals surface area contributed by atoms with E-state index in [1.54, 1.807) is 0 Å². The largest absolute Gasteiger partial charge is 0.457 e. The number of fused-ring (bicyclic) bond motifs is 12. The predicted molar refractivity (Wildman–Crippen MR) is 249 cm³/mol. The molecular weight excluding hydrogens is 767 g/mol. The van der Waals surface area contributed by atoms with Crippen LogP contribution < -0.4 is 4.74 Å². The second kappa shape index (κ2) is 11.8. The van der Waals surface area contributed by atoms with Gasteiger partial charge in [-0.25, -0.2) is 15.0 Å². The van der Waals surface area contributed by atoms with E-state index in [0.29, 0.717) is 5.41 Å². The number of hydrogen-bond donors (Lipinski definition) is 0. The van der Waals surface area contributed by atoms with E-state index in [-0.39, 0.29) is 10.8 Å². The molecule has 7 aliphatic carbocycles. The van der Waals surface area contributed by atoms with E-state index in [4.69, 9.17) is 19.7 Å². The smallest absolute Gasteiger partial charge is 0.163 e. The zero-order valence-corrected chi connectivity index (χ0v) is 35.8. The summed E-state index contributed by atoms with van der Waals surface area (Å²) in [7, 11) is 0. The predicted octanol–water partition coefficient (Wildman–Crippen LogP) is 13.7. The van der Waals surface area contributed by atoms with E-state index in [1.165, 1.54) is 104 Å². The molecule has 4 fully saturated rings. The summed E-state index contributed by atoms with van der Waals surface area (Å²) >= 11 is 0. The Morgan fingerprint density at radius 2 is 1.13 bits per heavy atom. The van der Waals surface area contributed by atoms with Gasteiger partial charge in [-0.2, -0.15) is 0 Å². The Hall–Kier alpha value is -6.39. The number of ether oxygens (including phenoxy) is 1. The molecule has 0 saturated heterocycles. The van der Waals surface area contributed by atoms with Crippen LogP contribution >= 0.6 is 0 Å². The Morgan fingerprint density at radius 3 is 1.84 bits per heavy atom. The minimum atomic E-state index is -0.495. The minimum absolute atomic E-state index is 0.0498. The highest BCUT2D eigenvalue weighted by Gasteiger charge is 2.78. The van der Waals surface area contributed by atoms with Crippen LogP contribution in [0.5, 0.6) is 11.5 Å². The molecule has 63 heavy (non-hydrogen) atoms. The molecule has 2 bridgehead atoms. The average molecular weight is 814 g/mol. The van der Waals surface area contributed by atoms with Crippen molar-refractivity contribution in [3.8, 4) is 45.1 Å². The second-order valence-electron chi connectivity index (χ2n) is 20.8. The van der Waals surface area contributed by atoms with Crippen molar-refractivity contribution in [2.24, 2.45) is 23.2 Å². The molecule has 15 rings (SSSR count). The molecule has 4 heteroatoms. The molecule has 4 saturated carbocycles. The van der Waals surface area contributed by atoms with Gasteiger partial charge in [0.2, 0.25) is 0 Å². The summed E-state index contributed by atoms with van der Waals surface area (Å²) in [6, 6.07) is 51.3. The molecule has 7 aromatic rings. The number of hydrogen-bond acceptors (Lipinski definition) is 4. The lowest BCUT2D eigenvalue weighted by Crippen LogP contribution is -2.59. The number of para-hydroxylation sites is 2. The lowest BCUT2D eigenvalue weighted by molar-refractivity contribution is -0.175. The normalized spacial score (nSPS) is 27.1. The van der Waals surface area contributed by atoms with Gasteiger partial charge in [0.15, 0.2) is 11.6 Å². The van der Waals surface area contributed by atoms with E-state index in [9.17, 15) is 0 Å². The third-order valence-electron chi connectivity index (χ3n) is 17.9. The van der Waals surface area contributed by atoms with Crippen LogP contribution in [0.4, 0.5) is 0 Å². The Bertz CT molecular complexity index is 3200. The highest BCUT2D eigenvalue weighted by atomic mass is 16.5. The van der Waals surface area contributed by atoms with Crippen molar-refractivity contribution in [2.75, 3.05) is 0 Å². The Balaban J connectivity index is 0.851. The molecule has 0 radical (unpaired) electrons. The van der Waals surface area contributed by atoms with Crippen LogP contribution in [0.15, 0.2) is 151 Å². The monoisotopic (exact) mass is 813 g/mol. The van der Waals surface area contributed by atoms with E-state index in [1.807, 2.05) is 0 Å². The lowest BCUT2D eigenvalue weighted by atomic mass is 9.38. The summed E-state index contributed by atoms with van der Waals surface area (Å²) in [6.45, 7) is 4.77. The molecule has 1 aliphatic heterocycles. The average Bonchev–Trinajstić information content (AvgIpc) is 3.99. The first-order valence-corrected chi connectivity index (χ1v) is 23.4. The highest BCUT2D eigenvalue weighted by Crippen LogP contribution is 2.84. The lowest BCUT2D eigenvalue weighted by Gasteiger charge is -2.66. The third kappa shape index (κ3) is 4.26. The number of rotatable bonds is 4. The molecule has 1 aromatic heterocycles. The maximum Gasteiger partial charge on any atom is 0.163 e. The summed E-state index contributed by atoms with van der Waals surface area (Å²) in [4.78, 5) is 16.5. The highest BCUT2D eigenvalue weighted by molar-refractivity contribution is 5.91. The number of nitrogens with zero attached hydrogens (tertiary/aromatic N) is 3. The summed E-state index contributed by atoms with van der Waals surface area (Å²) < 4.78 is 6.61. The minimum Gasteiger partial charge on any atom is -0.457 e. The number of aromatic nitrogens is 3. The topological polar surface area (TPSA) is 47.9 Å². The molecule has 5 atom stereocenters. The third-order valence-corrected chi connectivity index (χ3v) is 17.9. The summed E-state index contributed by atoms with van der Waals surface area (Å²) in [6.07, 6.45) is 11.1. The van der Waals surface area contributed by atoms with Gasteiger partial charge in [0.25, 0.3) is 0 Å². The van der Waals surface area contributed by atoms with Crippen LogP contribution in [0.25, 0.3) is 44.8 Å². The fraction of sp³-hybridized carbons (Fsp3) is 0.271. The fourth-order valence-corrected chi connectivity index (χ4v) is 15.2. The van der Waals surface area contributed by atoms with Crippen molar-refractivity contribution >= 4 is 11.1 Å². The van der Waals surface area contributed by atoms with Crippen LogP contribution in [-0.2, 0) is 16.2 Å². The van der Waals surface area contributed by atoms with Gasteiger partial charge in [-0.15, -0.1) is 0 Å². The van der Waals surface area contributed by atoms with E-state index in [0.717, 1.165) is 65.1 Å². The number of benzene rings is 6. The first-order valence-electron chi connectivity index (χ1n) is 23.4. The van der Waals surface area contributed by atoms with Gasteiger partial charge in [-0.05, 0) is 148 Å². The van der Waals surface area contributed by atoms with Crippen molar-refractivity contribution in [1.82, 2.24) is 15.0 Å². The van der Waals surface area contributed by atoms with Gasteiger partial charge in [-0.1, -0.05) is 141 Å². The molecule has 3 unspecified atom stereocenters. The SMILES string of the molecule is CC1(C)C2=C(CCC(c3nc(-c4ccc(-c5ccc6c(c5)C5(c7ccccc7Oc7ccccc75)c5ccccc5-6)cc4)nc(C45CC6C[C@@H]7C[C@@H](C4)C67C5)n3)=C2)c2ccccc21. The van der Waals surface area contributed by atoms with Gasteiger partial charge >= 0.3 is 0 Å².